The fraction of sp³-hybridized carbons (Fsp3) is 0.562. The van der Waals surface area contributed by atoms with Crippen molar-refractivity contribution in [3.8, 4) is 0 Å². The Morgan fingerprint density at radius 2 is 1.90 bits per heavy atom. The minimum atomic E-state index is 0.432. The van der Waals surface area contributed by atoms with E-state index < -0.39 is 0 Å². The molecule has 1 aliphatic carbocycles. The molecule has 0 aliphatic heterocycles. The largest absolute Gasteiger partial charge is 0.320 e. The average molecular weight is 288 g/mol. The highest BCUT2D eigenvalue weighted by molar-refractivity contribution is 5.86. The molecule has 0 amide bonds. The Bertz CT molecular complexity index is 609. The van der Waals surface area contributed by atoms with Gasteiger partial charge in [0.25, 0.3) is 0 Å². The van der Waals surface area contributed by atoms with Gasteiger partial charge < -0.3 is 9.47 Å². The Hall–Kier alpha value is -1.75. The SMILES string of the molecule is CN(C)C.Cc1ncc2cc(C=O)n(C3CCCC3)c2n1. The van der Waals surface area contributed by atoms with Gasteiger partial charge >= 0.3 is 0 Å². The molecule has 0 bridgehead atoms. The minimum absolute atomic E-state index is 0.432. The maximum absolute atomic E-state index is 11.2. The van der Waals surface area contributed by atoms with Crippen molar-refractivity contribution in [3.05, 3.63) is 23.8 Å². The van der Waals surface area contributed by atoms with Crippen molar-refractivity contribution in [2.24, 2.45) is 0 Å². The van der Waals surface area contributed by atoms with Gasteiger partial charge in [-0.2, -0.15) is 0 Å². The zero-order valence-electron chi connectivity index (χ0n) is 13.3. The Labute approximate surface area is 126 Å². The predicted octanol–water partition coefficient (Wildman–Crippen LogP) is 2.85. The number of aromatic nitrogens is 3. The summed E-state index contributed by atoms with van der Waals surface area (Å²) in [5, 5.41) is 0.963. The maximum Gasteiger partial charge on any atom is 0.166 e. The van der Waals surface area contributed by atoms with Gasteiger partial charge in [0, 0.05) is 17.6 Å². The van der Waals surface area contributed by atoms with Crippen molar-refractivity contribution in [1.29, 1.82) is 0 Å². The predicted molar refractivity (Wildman–Crippen MR) is 84.8 cm³/mol. The Morgan fingerprint density at radius 3 is 2.48 bits per heavy atom. The lowest BCUT2D eigenvalue weighted by molar-refractivity contribution is 0.111. The van der Waals surface area contributed by atoms with Gasteiger partial charge in [-0.25, -0.2) is 9.97 Å². The van der Waals surface area contributed by atoms with Crippen LogP contribution in [0.2, 0.25) is 0 Å². The van der Waals surface area contributed by atoms with E-state index in [0.717, 1.165) is 41.7 Å². The number of carbonyl (C=O) groups excluding carboxylic acids is 1. The summed E-state index contributed by atoms with van der Waals surface area (Å²) in [6.07, 6.45) is 7.51. The normalized spacial score (nSPS) is 15.3. The monoisotopic (exact) mass is 288 g/mol. The highest BCUT2D eigenvalue weighted by atomic mass is 16.1. The summed E-state index contributed by atoms with van der Waals surface area (Å²) in [4.78, 5) is 21.8. The van der Waals surface area contributed by atoms with Gasteiger partial charge in [0.2, 0.25) is 0 Å². The Balaban J connectivity index is 0.000000361. The second-order valence-corrected chi connectivity index (χ2v) is 6.03. The molecule has 114 valence electrons. The van der Waals surface area contributed by atoms with E-state index in [9.17, 15) is 4.79 Å². The van der Waals surface area contributed by atoms with E-state index in [1.165, 1.54) is 12.8 Å². The molecule has 1 fully saturated rings. The average Bonchev–Trinajstić information content (AvgIpc) is 3.03. The molecule has 0 aromatic carbocycles. The topological polar surface area (TPSA) is 51.0 Å². The summed E-state index contributed by atoms with van der Waals surface area (Å²) in [6.45, 7) is 1.88. The molecule has 0 saturated heterocycles. The molecular weight excluding hydrogens is 264 g/mol. The van der Waals surface area contributed by atoms with Crippen molar-refractivity contribution in [1.82, 2.24) is 19.4 Å². The van der Waals surface area contributed by atoms with Crippen LogP contribution in [0.3, 0.4) is 0 Å². The zero-order valence-corrected chi connectivity index (χ0v) is 13.3. The summed E-state index contributed by atoms with van der Waals surface area (Å²) in [5.74, 6) is 0.757. The number of aldehydes is 1. The Morgan fingerprint density at radius 1 is 1.29 bits per heavy atom. The molecule has 2 aromatic rings. The van der Waals surface area contributed by atoms with Crippen LogP contribution in [0.4, 0.5) is 0 Å². The van der Waals surface area contributed by atoms with Crippen LogP contribution in [0, 0.1) is 6.92 Å². The number of nitrogens with zero attached hydrogens (tertiary/aromatic N) is 4. The van der Waals surface area contributed by atoms with Gasteiger partial charge in [0.15, 0.2) is 6.29 Å². The van der Waals surface area contributed by atoms with E-state index in [1.54, 1.807) is 6.20 Å². The third-order valence-electron chi connectivity index (χ3n) is 3.54. The van der Waals surface area contributed by atoms with Crippen LogP contribution in [0.25, 0.3) is 11.0 Å². The summed E-state index contributed by atoms with van der Waals surface area (Å²) in [6, 6.07) is 2.32. The molecule has 3 rings (SSSR count). The van der Waals surface area contributed by atoms with Crippen LogP contribution >= 0.6 is 0 Å². The van der Waals surface area contributed by atoms with Gasteiger partial charge in [-0.05, 0) is 47.0 Å². The summed E-state index contributed by atoms with van der Waals surface area (Å²) in [7, 11) is 6.00. The minimum Gasteiger partial charge on any atom is -0.320 e. The van der Waals surface area contributed by atoms with Crippen LogP contribution in [0.5, 0.6) is 0 Å². The first kappa shape index (κ1) is 15.6. The van der Waals surface area contributed by atoms with Crippen LogP contribution in [0.15, 0.2) is 12.3 Å². The van der Waals surface area contributed by atoms with Crippen LogP contribution in [0.1, 0.15) is 48.0 Å². The lowest BCUT2D eigenvalue weighted by atomic mass is 10.2. The van der Waals surface area contributed by atoms with E-state index in [1.807, 2.05) is 39.0 Å². The maximum atomic E-state index is 11.2. The highest BCUT2D eigenvalue weighted by Crippen LogP contribution is 2.33. The molecular formula is C16H24N4O. The van der Waals surface area contributed by atoms with Crippen molar-refractivity contribution in [3.63, 3.8) is 0 Å². The van der Waals surface area contributed by atoms with Gasteiger partial charge in [-0.3, -0.25) is 4.79 Å². The summed E-state index contributed by atoms with van der Waals surface area (Å²) >= 11 is 0. The van der Waals surface area contributed by atoms with E-state index in [4.69, 9.17) is 0 Å². The van der Waals surface area contributed by atoms with E-state index in [-0.39, 0.29) is 0 Å². The van der Waals surface area contributed by atoms with Crippen LogP contribution < -0.4 is 0 Å². The number of aryl methyl sites for hydroxylation is 1. The third-order valence-corrected chi connectivity index (χ3v) is 3.54. The molecule has 0 N–H and O–H groups in total. The standard InChI is InChI=1S/C13H15N3O.C3H9N/c1-9-14-7-10-6-12(8-17)16(13(10)15-9)11-4-2-3-5-11;1-4(2)3/h6-8,11H,2-5H2,1H3;1-3H3. The molecule has 1 saturated carbocycles. The van der Waals surface area contributed by atoms with E-state index in [2.05, 4.69) is 14.5 Å². The molecule has 5 nitrogen and oxygen atoms in total. The first-order valence-electron chi connectivity index (χ1n) is 7.43. The quantitative estimate of drug-likeness (QED) is 0.797. The number of fused-ring (bicyclic) bond motifs is 1. The van der Waals surface area contributed by atoms with Crippen molar-refractivity contribution >= 4 is 17.3 Å². The van der Waals surface area contributed by atoms with Crippen LogP contribution in [-0.4, -0.2) is 46.9 Å². The molecule has 2 heterocycles. The fourth-order valence-electron chi connectivity index (χ4n) is 2.75. The second-order valence-electron chi connectivity index (χ2n) is 6.03. The highest BCUT2D eigenvalue weighted by Gasteiger charge is 2.22. The molecule has 2 aromatic heterocycles. The van der Waals surface area contributed by atoms with Gasteiger partial charge in [0.1, 0.15) is 11.5 Å². The molecule has 0 radical (unpaired) electrons. The zero-order chi connectivity index (χ0) is 15.4. The van der Waals surface area contributed by atoms with E-state index >= 15 is 0 Å². The summed E-state index contributed by atoms with van der Waals surface area (Å²) < 4.78 is 2.10. The van der Waals surface area contributed by atoms with Crippen LogP contribution in [-0.2, 0) is 0 Å². The van der Waals surface area contributed by atoms with Crippen molar-refractivity contribution < 1.29 is 4.79 Å². The molecule has 0 atom stereocenters. The second kappa shape index (κ2) is 6.80. The number of hydrogen-bond donors (Lipinski definition) is 0. The first-order chi connectivity index (χ1) is 10.0. The molecule has 1 aliphatic rings. The van der Waals surface area contributed by atoms with Gasteiger partial charge in [-0.15, -0.1) is 0 Å². The lowest BCUT2D eigenvalue weighted by Crippen LogP contribution is -2.09. The molecule has 0 spiro atoms. The Kier molecular flexibility index (Phi) is 5.07. The number of carbonyl (C=O) groups is 1. The number of hydrogen-bond acceptors (Lipinski definition) is 4. The van der Waals surface area contributed by atoms with E-state index in [0.29, 0.717) is 6.04 Å². The molecule has 0 unspecified atom stereocenters. The molecule has 5 heteroatoms. The smallest absolute Gasteiger partial charge is 0.166 e. The molecule has 21 heavy (non-hydrogen) atoms. The third kappa shape index (κ3) is 3.67. The van der Waals surface area contributed by atoms with Crippen molar-refractivity contribution in [2.45, 2.75) is 38.6 Å². The van der Waals surface area contributed by atoms with Crippen molar-refractivity contribution in [2.75, 3.05) is 21.1 Å². The number of rotatable bonds is 2. The lowest BCUT2D eigenvalue weighted by Gasteiger charge is -2.14. The summed E-state index contributed by atoms with van der Waals surface area (Å²) in [5.41, 5.74) is 1.64. The van der Waals surface area contributed by atoms with Gasteiger partial charge in [-0.1, -0.05) is 12.8 Å². The fourth-order valence-corrected chi connectivity index (χ4v) is 2.75. The van der Waals surface area contributed by atoms with Gasteiger partial charge in [0.05, 0.1) is 5.69 Å². The first-order valence-corrected chi connectivity index (χ1v) is 7.43.